The fourth-order valence-corrected chi connectivity index (χ4v) is 3.84. The average Bonchev–Trinajstić information content (AvgIpc) is 2.81. The van der Waals surface area contributed by atoms with E-state index in [9.17, 15) is 19.2 Å². The van der Waals surface area contributed by atoms with Crippen LogP contribution in [0.1, 0.15) is 54.7 Å². The van der Waals surface area contributed by atoms with Crippen molar-refractivity contribution in [2.45, 2.75) is 53.5 Å². The molecule has 10 heteroatoms. The summed E-state index contributed by atoms with van der Waals surface area (Å²) in [5.74, 6) is -1.41. The van der Waals surface area contributed by atoms with Crippen LogP contribution in [0.15, 0.2) is 33.9 Å². The highest BCUT2D eigenvalue weighted by molar-refractivity contribution is 6.00. The third kappa shape index (κ3) is 5.59. The van der Waals surface area contributed by atoms with Crippen LogP contribution in [0.3, 0.4) is 0 Å². The maximum absolute atomic E-state index is 13.1. The standard InChI is InChI=1S/C25H31N5O5/c1-5-7-11-29(21-22(26)30(10-6-2)25(34)28-23(21)32)20(31)14-35-24(33)18-13-17-12-15(3)8-9-19(17)27-16(18)4/h8-9,12-13H,5-7,10-11,14,26H2,1-4H3,(H,28,32,34). The molecule has 0 aliphatic heterocycles. The van der Waals surface area contributed by atoms with E-state index in [-0.39, 0.29) is 30.2 Å². The Morgan fingerprint density at radius 3 is 2.57 bits per heavy atom. The Labute approximate surface area is 202 Å². The van der Waals surface area contributed by atoms with Gasteiger partial charge in [-0.15, -0.1) is 0 Å². The first kappa shape index (κ1) is 25.7. The van der Waals surface area contributed by atoms with Crippen molar-refractivity contribution in [2.24, 2.45) is 0 Å². The van der Waals surface area contributed by atoms with Crippen LogP contribution in [0, 0.1) is 13.8 Å². The van der Waals surface area contributed by atoms with Gasteiger partial charge in [0.25, 0.3) is 11.5 Å². The van der Waals surface area contributed by atoms with Crippen molar-refractivity contribution in [1.82, 2.24) is 14.5 Å². The zero-order chi connectivity index (χ0) is 25.7. The fraction of sp³-hybridized carbons (Fsp3) is 0.400. The molecule has 0 aliphatic rings. The van der Waals surface area contributed by atoms with Gasteiger partial charge < -0.3 is 15.4 Å². The van der Waals surface area contributed by atoms with Crippen molar-refractivity contribution < 1.29 is 14.3 Å². The van der Waals surface area contributed by atoms with Gasteiger partial charge in [-0.2, -0.15) is 0 Å². The Morgan fingerprint density at radius 1 is 1.14 bits per heavy atom. The second-order valence-corrected chi connectivity index (χ2v) is 8.44. The largest absolute Gasteiger partial charge is 0.452 e. The van der Waals surface area contributed by atoms with Gasteiger partial charge in [-0.3, -0.25) is 24.1 Å². The molecule has 0 atom stereocenters. The number of ether oxygens (including phenoxy) is 1. The van der Waals surface area contributed by atoms with E-state index in [1.165, 1.54) is 9.47 Å². The molecule has 0 bridgehead atoms. The van der Waals surface area contributed by atoms with Crippen molar-refractivity contribution in [3.63, 3.8) is 0 Å². The molecule has 0 radical (unpaired) electrons. The van der Waals surface area contributed by atoms with Crippen molar-refractivity contribution in [3.8, 4) is 0 Å². The number of anilines is 2. The number of benzene rings is 1. The number of aryl methyl sites for hydroxylation is 2. The Hall–Kier alpha value is -3.95. The molecule has 1 aromatic carbocycles. The van der Waals surface area contributed by atoms with E-state index in [1.54, 1.807) is 13.0 Å². The SMILES string of the molecule is CCCCN(C(=O)COC(=O)c1cc2cc(C)ccc2nc1C)c1c(N)n(CCC)c(=O)[nH]c1=O. The third-order valence-electron chi connectivity index (χ3n) is 5.68. The van der Waals surface area contributed by atoms with Crippen LogP contribution in [0.4, 0.5) is 11.5 Å². The number of nitrogens with one attached hydrogen (secondary N) is 1. The first-order chi connectivity index (χ1) is 16.7. The van der Waals surface area contributed by atoms with Crippen LogP contribution in [0.25, 0.3) is 10.9 Å². The number of aromatic amines is 1. The summed E-state index contributed by atoms with van der Waals surface area (Å²) in [7, 11) is 0. The number of carbonyl (C=O) groups is 2. The van der Waals surface area contributed by atoms with Gasteiger partial charge in [0.1, 0.15) is 5.82 Å². The summed E-state index contributed by atoms with van der Waals surface area (Å²) in [6.45, 7) is 7.31. The Bertz CT molecular complexity index is 1380. The van der Waals surface area contributed by atoms with Crippen LogP contribution >= 0.6 is 0 Å². The van der Waals surface area contributed by atoms with Gasteiger partial charge in [-0.05, 0) is 44.9 Å². The summed E-state index contributed by atoms with van der Waals surface area (Å²) in [5, 5.41) is 0.788. The van der Waals surface area contributed by atoms with Crippen LogP contribution in [-0.2, 0) is 16.1 Å². The number of hydrogen-bond donors (Lipinski definition) is 2. The number of rotatable bonds is 9. The van der Waals surface area contributed by atoms with E-state index in [2.05, 4.69) is 9.97 Å². The molecule has 0 spiro atoms. The Morgan fingerprint density at radius 2 is 1.89 bits per heavy atom. The number of nitrogen functional groups attached to an aromatic ring is 1. The second kappa shape index (κ2) is 11.0. The highest BCUT2D eigenvalue weighted by atomic mass is 16.5. The molecular formula is C25H31N5O5. The summed E-state index contributed by atoms with van der Waals surface area (Å²) in [5.41, 5.74) is 7.14. The molecule has 0 aliphatic carbocycles. The number of H-pyrrole nitrogens is 1. The van der Waals surface area contributed by atoms with Gasteiger partial charge in [-0.25, -0.2) is 9.59 Å². The second-order valence-electron chi connectivity index (χ2n) is 8.44. The molecule has 3 rings (SSSR count). The summed E-state index contributed by atoms with van der Waals surface area (Å²) >= 11 is 0. The molecule has 0 unspecified atom stereocenters. The van der Waals surface area contributed by atoms with E-state index >= 15 is 0 Å². The molecular weight excluding hydrogens is 450 g/mol. The molecule has 0 saturated carbocycles. The van der Waals surface area contributed by atoms with Crippen LogP contribution < -0.4 is 21.9 Å². The summed E-state index contributed by atoms with van der Waals surface area (Å²) < 4.78 is 6.55. The molecule has 0 saturated heterocycles. The first-order valence-corrected chi connectivity index (χ1v) is 11.7. The highest BCUT2D eigenvalue weighted by Gasteiger charge is 2.25. The van der Waals surface area contributed by atoms with E-state index in [4.69, 9.17) is 10.5 Å². The van der Waals surface area contributed by atoms with E-state index < -0.39 is 29.7 Å². The predicted molar refractivity (Wildman–Crippen MR) is 135 cm³/mol. The lowest BCUT2D eigenvalue weighted by molar-refractivity contribution is -0.121. The number of esters is 1. The molecule has 2 heterocycles. The number of carbonyl (C=O) groups excluding carboxylic acids is 2. The third-order valence-corrected chi connectivity index (χ3v) is 5.68. The number of hydrogen-bond acceptors (Lipinski definition) is 7. The maximum Gasteiger partial charge on any atom is 0.340 e. The van der Waals surface area contributed by atoms with E-state index in [0.717, 1.165) is 22.9 Å². The van der Waals surface area contributed by atoms with Crippen LogP contribution in [0.5, 0.6) is 0 Å². The summed E-state index contributed by atoms with van der Waals surface area (Å²) in [4.78, 5) is 58.6. The number of aromatic nitrogens is 3. The maximum atomic E-state index is 13.1. The lowest BCUT2D eigenvalue weighted by atomic mass is 10.1. The number of fused-ring (bicyclic) bond motifs is 1. The van der Waals surface area contributed by atoms with Crippen molar-refractivity contribution in [3.05, 3.63) is 61.9 Å². The topological polar surface area (TPSA) is 140 Å². The molecule has 10 nitrogen and oxygen atoms in total. The molecule has 1 amide bonds. The highest BCUT2D eigenvalue weighted by Crippen LogP contribution is 2.20. The molecule has 3 N–H and O–H groups in total. The minimum Gasteiger partial charge on any atom is -0.452 e. The van der Waals surface area contributed by atoms with Crippen molar-refractivity contribution in [1.29, 1.82) is 0 Å². The van der Waals surface area contributed by atoms with Crippen molar-refractivity contribution >= 4 is 34.3 Å². The van der Waals surface area contributed by atoms with Crippen LogP contribution in [-0.4, -0.2) is 39.6 Å². The molecule has 3 aromatic rings. The van der Waals surface area contributed by atoms with Gasteiger partial charge in [0, 0.05) is 18.5 Å². The monoisotopic (exact) mass is 481 g/mol. The zero-order valence-electron chi connectivity index (χ0n) is 20.5. The minimum absolute atomic E-state index is 0.0960. The smallest absolute Gasteiger partial charge is 0.340 e. The van der Waals surface area contributed by atoms with E-state index in [0.29, 0.717) is 18.5 Å². The Balaban J connectivity index is 1.88. The number of nitrogens with zero attached hydrogens (tertiary/aromatic N) is 3. The van der Waals surface area contributed by atoms with Gasteiger partial charge in [-0.1, -0.05) is 31.9 Å². The van der Waals surface area contributed by atoms with Crippen LogP contribution in [0.2, 0.25) is 0 Å². The normalized spacial score (nSPS) is 11.0. The zero-order valence-corrected chi connectivity index (χ0v) is 20.5. The fourth-order valence-electron chi connectivity index (χ4n) is 3.84. The lowest BCUT2D eigenvalue weighted by Gasteiger charge is -2.24. The first-order valence-electron chi connectivity index (χ1n) is 11.7. The van der Waals surface area contributed by atoms with Crippen molar-refractivity contribution in [2.75, 3.05) is 23.8 Å². The van der Waals surface area contributed by atoms with Gasteiger partial charge >= 0.3 is 11.7 Å². The molecule has 2 aromatic heterocycles. The molecule has 186 valence electrons. The number of unbranched alkanes of at least 4 members (excludes halogenated alkanes) is 1. The molecule has 0 fully saturated rings. The minimum atomic E-state index is -0.763. The predicted octanol–water partition coefficient (Wildman–Crippen LogP) is 2.68. The molecule has 35 heavy (non-hydrogen) atoms. The summed E-state index contributed by atoms with van der Waals surface area (Å²) in [6, 6.07) is 7.42. The average molecular weight is 482 g/mol. The van der Waals surface area contributed by atoms with E-state index in [1.807, 2.05) is 39.0 Å². The van der Waals surface area contributed by atoms with Gasteiger partial charge in [0.15, 0.2) is 12.3 Å². The Kier molecular flexibility index (Phi) is 8.06. The lowest BCUT2D eigenvalue weighted by Crippen LogP contribution is -2.43. The number of pyridine rings is 1. The van der Waals surface area contributed by atoms with Gasteiger partial charge in [0.05, 0.1) is 16.8 Å². The number of nitrogens with two attached hydrogens (primary N) is 1. The van der Waals surface area contributed by atoms with Gasteiger partial charge in [0.2, 0.25) is 0 Å². The quantitative estimate of drug-likeness (QED) is 0.448. The number of amides is 1. The summed E-state index contributed by atoms with van der Waals surface area (Å²) in [6.07, 6.45) is 1.94.